The van der Waals surface area contributed by atoms with E-state index in [2.05, 4.69) is 22.8 Å². The van der Waals surface area contributed by atoms with Crippen LogP contribution in [0.4, 0.5) is 0 Å². The van der Waals surface area contributed by atoms with E-state index in [9.17, 15) is 9.59 Å². The summed E-state index contributed by atoms with van der Waals surface area (Å²) in [5, 5.41) is 3.26. The van der Waals surface area contributed by atoms with Crippen molar-refractivity contribution in [1.82, 2.24) is 4.57 Å². The minimum absolute atomic E-state index is 0.246. The summed E-state index contributed by atoms with van der Waals surface area (Å²) in [7, 11) is 1.32. The van der Waals surface area contributed by atoms with Crippen LogP contribution in [0, 0.1) is 0 Å². The van der Waals surface area contributed by atoms with Crippen LogP contribution in [0.5, 0.6) is 5.75 Å². The highest BCUT2D eigenvalue weighted by atomic mass is 16.6. The molecule has 0 saturated heterocycles. The van der Waals surface area contributed by atoms with Crippen LogP contribution in [0.2, 0.25) is 0 Å². The van der Waals surface area contributed by atoms with Gasteiger partial charge in [0.15, 0.2) is 6.61 Å². The van der Waals surface area contributed by atoms with Gasteiger partial charge in [0.2, 0.25) is 5.91 Å². The number of ether oxygens (including phenoxy) is 2. The van der Waals surface area contributed by atoms with Gasteiger partial charge in [-0.1, -0.05) is 88.4 Å². The molecule has 2 N–H and O–H groups in total. The smallest absolute Gasteiger partial charge is 0.343 e. The molecule has 0 radical (unpaired) electrons. The Labute approximate surface area is 217 Å². The predicted octanol–water partition coefficient (Wildman–Crippen LogP) is 6.70. The van der Waals surface area contributed by atoms with Gasteiger partial charge in [0.25, 0.3) is 0 Å². The number of fused-ring (bicyclic) bond motifs is 4. The molecule has 1 aromatic heterocycles. The third kappa shape index (κ3) is 5.43. The second-order valence-electron chi connectivity index (χ2n) is 7.82. The average molecular weight is 499 g/mol. The molecule has 6 nitrogen and oxygen atoms in total. The number of methoxy groups -OCH3 is 1. The van der Waals surface area contributed by atoms with Crippen LogP contribution in [0.3, 0.4) is 0 Å². The fourth-order valence-electron chi connectivity index (χ4n) is 4.39. The third-order valence-electron chi connectivity index (χ3n) is 5.87. The van der Waals surface area contributed by atoms with Gasteiger partial charge >= 0.3 is 5.97 Å². The topological polar surface area (TPSA) is 83.6 Å². The molecule has 0 spiro atoms. The first-order valence-electron chi connectivity index (χ1n) is 12.6. The number of aromatic nitrogens is 1. The normalized spacial score (nSPS) is 10.3. The molecule has 0 aliphatic rings. The van der Waals surface area contributed by atoms with Crippen molar-refractivity contribution in [3.05, 3.63) is 90.0 Å². The molecule has 0 aliphatic carbocycles. The van der Waals surface area contributed by atoms with Crippen LogP contribution < -0.4 is 10.5 Å². The largest absolute Gasteiger partial charge is 0.481 e. The van der Waals surface area contributed by atoms with Gasteiger partial charge in [-0.05, 0) is 29.1 Å². The highest BCUT2D eigenvalue weighted by Gasteiger charge is 2.22. The fraction of sp³-hybridized carbons (Fsp3) is 0.226. The van der Waals surface area contributed by atoms with Gasteiger partial charge in [0.1, 0.15) is 5.75 Å². The number of nitrogens with two attached hydrogens (primary N) is 1. The molecular formula is C31H34N2O4. The molecule has 0 aliphatic heterocycles. The summed E-state index contributed by atoms with van der Waals surface area (Å²) in [6.45, 7) is 8.35. The van der Waals surface area contributed by atoms with Gasteiger partial charge < -0.3 is 19.8 Å². The molecule has 37 heavy (non-hydrogen) atoms. The molecule has 0 atom stereocenters. The second-order valence-corrected chi connectivity index (χ2v) is 7.82. The van der Waals surface area contributed by atoms with E-state index >= 15 is 0 Å². The number of hydrogen-bond donors (Lipinski definition) is 1. The summed E-state index contributed by atoms with van der Waals surface area (Å²) in [6.07, 6.45) is 0. The summed E-state index contributed by atoms with van der Waals surface area (Å²) in [6, 6.07) is 25.5. The number of nitrogens with zero attached hydrogens (tertiary/aromatic N) is 1. The van der Waals surface area contributed by atoms with E-state index in [1.807, 2.05) is 82.3 Å². The van der Waals surface area contributed by atoms with Crippen molar-refractivity contribution in [2.45, 2.75) is 34.2 Å². The lowest BCUT2D eigenvalue weighted by molar-refractivity contribution is -0.142. The van der Waals surface area contributed by atoms with Gasteiger partial charge in [-0.25, -0.2) is 4.79 Å². The van der Waals surface area contributed by atoms with Crippen molar-refractivity contribution < 1.29 is 19.1 Å². The van der Waals surface area contributed by atoms with E-state index in [-0.39, 0.29) is 6.61 Å². The molecule has 192 valence electrons. The standard InChI is InChI=1S/C27H22N2O4.2C2H6/c1-32-23(30)16-33-26-19-11-6-5-10-18(19)14-22-25(26)24-20(27(28)31)12-7-13-21(24)29(22)15-17-8-3-2-4-9-17;2*1-2/h2-14H,15-16H2,1H3,(H2,28,31);2*1-2H3. The highest BCUT2D eigenvalue weighted by Crippen LogP contribution is 2.42. The minimum Gasteiger partial charge on any atom is -0.481 e. The number of benzene rings is 4. The van der Waals surface area contributed by atoms with Crippen LogP contribution in [0.15, 0.2) is 78.9 Å². The number of amides is 1. The second kappa shape index (κ2) is 12.6. The zero-order valence-corrected chi connectivity index (χ0v) is 22.1. The SMILES string of the molecule is CC.CC.COC(=O)COc1c2ccccc2cc2c1c1c(C(N)=O)cccc1n2Cc1ccccc1. The van der Waals surface area contributed by atoms with E-state index in [4.69, 9.17) is 15.2 Å². The summed E-state index contributed by atoms with van der Waals surface area (Å²) in [5.41, 5.74) is 9.05. The van der Waals surface area contributed by atoms with Crippen LogP contribution in [0.1, 0.15) is 43.6 Å². The van der Waals surface area contributed by atoms with Crippen molar-refractivity contribution >= 4 is 44.5 Å². The van der Waals surface area contributed by atoms with Crippen LogP contribution >= 0.6 is 0 Å². The molecule has 6 heteroatoms. The summed E-state index contributed by atoms with van der Waals surface area (Å²) < 4.78 is 13.0. The van der Waals surface area contributed by atoms with Gasteiger partial charge in [0, 0.05) is 22.9 Å². The molecule has 1 amide bonds. The highest BCUT2D eigenvalue weighted by molar-refractivity contribution is 6.23. The fourth-order valence-corrected chi connectivity index (χ4v) is 4.39. The molecule has 0 fully saturated rings. The first kappa shape index (κ1) is 27.3. The lowest BCUT2D eigenvalue weighted by Crippen LogP contribution is -2.13. The Kier molecular flexibility index (Phi) is 9.27. The molecule has 0 saturated carbocycles. The van der Waals surface area contributed by atoms with Crippen LogP contribution in [-0.4, -0.2) is 30.2 Å². The Morgan fingerprint density at radius 2 is 1.49 bits per heavy atom. The van der Waals surface area contributed by atoms with Crippen LogP contribution in [0.25, 0.3) is 32.6 Å². The first-order chi connectivity index (χ1) is 18.1. The maximum Gasteiger partial charge on any atom is 0.343 e. The van der Waals surface area contributed by atoms with E-state index in [1.54, 1.807) is 6.07 Å². The Morgan fingerprint density at radius 3 is 2.16 bits per heavy atom. The molecule has 0 unspecified atom stereocenters. The summed E-state index contributed by atoms with van der Waals surface area (Å²) in [4.78, 5) is 24.3. The number of hydrogen-bond acceptors (Lipinski definition) is 4. The average Bonchev–Trinajstić information content (AvgIpc) is 3.26. The van der Waals surface area contributed by atoms with E-state index in [0.29, 0.717) is 23.2 Å². The van der Waals surface area contributed by atoms with Crippen molar-refractivity contribution in [2.75, 3.05) is 13.7 Å². The number of esters is 1. The van der Waals surface area contributed by atoms with Gasteiger partial charge in [-0.2, -0.15) is 0 Å². The van der Waals surface area contributed by atoms with Gasteiger partial charge in [-0.3, -0.25) is 4.79 Å². The van der Waals surface area contributed by atoms with Gasteiger partial charge in [-0.15, -0.1) is 0 Å². The van der Waals surface area contributed by atoms with Crippen molar-refractivity contribution in [1.29, 1.82) is 0 Å². The monoisotopic (exact) mass is 498 g/mol. The summed E-state index contributed by atoms with van der Waals surface area (Å²) >= 11 is 0. The first-order valence-corrected chi connectivity index (χ1v) is 12.6. The number of carbonyl (C=O) groups is 2. The van der Waals surface area contributed by atoms with Crippen molar-refractivity contribution in [3.8, 4) is 5.75 Å². The number of carbonyl (C=O) groups excluding carboxylic acids is 2. The van der Waals surface area contributed by atoms with E-state index in [1.165, 1.54) is 7.11 Å². The van der Waals surface area contributed by atoms with Crippen molar-refractivity contribution in [3.63, 3.8) is 0 Å². The molecule has 5 rings (SSSR count). The Morgan fingerprint density at radius 1 is 0.811 bits per heavy atom. The summed E-state index contributed by atoms with van der Waals surface area (Å²) in [5.74, 6) is -0.482. The zero-order chi connectivity index (χ0) is 26.9. The lowest BCUT2D eigenvalue weighted by Gasteiger charge is -2.12. The Balaban J connectivity index is 0.000000907. The Bertz CT molecular complexity index is 1520. The molecule has 1 heterocycles. The third-order valence-corrected chi connectivity index (χ3v) is 5.87. The molecule has 4 aromatic carbocycles. The van der Waals surface area contributed by atoms with Crippen molar-refractivity contribution in [2.24, 2.45) is 5.73 Å². The van der Waals surface area contributed by atoms with E-state index in [0.717, 1.165) is 32.8 Å². The number of rotatable bonds is 6. The molecule has 5 aromatic rings. The lowest BCUT2D eigenvalue weighted by atomic mass is 10.0. The minimum atomic E-state index is -0.522. The molecular weight excluding hydrogens is 464 g/mol. The Hall–Kier alpha value is -4.32. The maximum absolute atomic E-state index is 12.4. The molecule has 0 bridgehead atoms. The predicted molar refractivity (Wildman–Crippen MR) is 151 cm³/mol. The zero-order valence-electron chi connectivity index (χ0n) is 22.1. The van der Waals surface area contributed by atoms with Crippen LogP contribution in [-0.2, 0) is 16.1 Å². The van der Waals surface area contributed by atoms with E-state index < -0.39 is 11.9 Å². The maximum atomic E-state index is 12.4. The number of primary amides is 1. The van der Waals surface area contributed by atoms with Gasteiger partial charge in [0.05, 0.1) is 23.5 Å². The quantitative estimate of drug-likeness (QED) is 0.264.